The topological polar surface area (TPSA) is 38.3 Å². The molecule has 0 aliphatic carbocycles. The Balaban J connectivity index is 0. The molecule has 0 aromatic carbocycles. The second kappa shape index (κ2) is 21.7. The lowest BCUT2D eigenvalue weighted by molar-refractivity contribution is -0.142. The van der Waals surface area contributed by atoms with Gasteiger partial charge in [-0.05, 0) is 13.5 Å². The Hall–Kier alpha value is -0.280. The van der Waals surface area contributed by atoms with Crippen LogP contribution in [0.4, 0.5) is 0 Å². The lowest BCUT2D eigenvalue weighted by Gasteiger charge is -2.05. The molecule has 23 heavy (non-hydrogen) atoms. The molecule has 0 aromatic rings. The summed E-state index contributed by atoms with van der Waals surface area (Å²) in [5.41, 5.74) is 0. The van der Waals surface area contributed by atoms with E-state index in [0.717, 1.165) is 6.42 Å². The molecule has 0 aliphatic rings. The van der Waals surface area contributed by atoms with E-state index in [9.17, 15) is 4.79 Å². The molecule has 140 valence electrons. The van der Waals surface area contributed by atoms with Gasteiger partial charge in [0.2, 0.25) is 0 Å². The van der Waals surface area contributed by atoms with Crippen molar-refractivity contribution in [1.29, 1.82) is 0 Å². The van der Waals surface area contributed by atoms with Gasteiger partial charge >= 0.3 is 5.97 Å². The fourth-order valence-electron chi connectivity index (χ4n) is 2.68. The molecule has 4 heteroatoms. The van der Waals surface area contributed by atoms with Crippen molar-refractivity contribution < 1.29 is 9.53 Å². The lowest BCUT2D eigenvalue weighted by atomic mass is 10.0. The van der Waals surface area contributed by atoms with Crippen LogP contribution in [0.15, 0.2) is 0 Å². The second-order valence-electron chi connectivity index (χ2n) is 6.35. The minimum Gasteiger partial charge on any atom is -0.465 e. The third-order valence-corrected chi connectivity index (χ3v) is 4.08. The van der Waals surface area contributed by atoms with Gasteiger partial charge < -0.3 is 10.1 Å². The minimum absolute atomic E-state index is 0. The zero-order chi connectivity index (χ0) is 16.3. The Morgan fingerprint density at radius 3 is 1.52 bits per heavy atom. The number of unbranched alkanes of at least 4 members (excludes halogenated alkanes) is 13. The van der Waals surface area contributed by atoms with Crippen LogP contribution in [0, 0.1) is 0 Å². The van der Waals surface area contributed by atoms with Crippen LogP contribution in [0.3, 0.4) is 0 Å². The van der Waals surface area contributed by atoms with E-state index < -0.39 is 0 Å². The number of esters is 1. The van der Waals surface area contributed by atoms with Gasteiger partial charge in [0, 0.05) is 0 Å². The highest BCUT2D eigenvalue weighted by Gasteiger charge is 1.99. The van der Waals surface area contributed by atoms with Crippen molar-refractivity contribution >= 4 is 18.4 Å². The SMILES string of the molecule is CCCCCCCCCCCCCCCCOC(=O)CNC.Cl. The molecule has 0 unspecified atom stereocenters. The molecular weight excluding hydrogens is 310 g/mol. The van der Waals surface area contributed by atoms with Gasteiger partial charge in [0.05, 0.1) is 13.2 Å². The first-order chi connectivity index (χ1) is 10.8. The molecule has 0 bridgehead atoms. The summed E-state index contributed by atoms with van der Waals surface area (Å²) >= 11 is 0. The van der Waals surface area contributed by atoms with E-state index in [1.807, 2.05) is 0 Å². The monoisotopic (exact) mass is 349 g/mol. The molecule has 3 nitrogen and oxygen atoms in total. The van der Waals surface area contributed by atoms with Crippen molar-refractivity contribution in [3.05, 3.63) is 0 Å². The zero-order valence-electron chi connectivity index (χ0n) is 15.5. The Labute approximate surface area is 150 Å². The lowest BCUT2D eigenvalue weighted by Crippen LogP contribution is -2.21. The van der Waals surface area contributed by atoms with Crippen molar-refractivity contribution in [3.63, 3.8) is 0 Å². The maximum absolute atomic E-state index is 11.1. The van der Waals surface area contributed by atoms with Crippen LogP contribution in [0.1, 0.15) is 96.8 Å². The Morgan fingerprint density at radius 1 is 0.739 bits per heavy atom. The maximum Gasteiger partial charge on any atom is 0.319 e. The van der Waals surface area contributed by atoms with E-state index in [2.05, 4.69) is 12.2 Å². The first-order valence-corrected chi connectivity index (χ1v) is 9.61. The molecule has 0 saturated heterocycles. The summed E-state index contributed by atoms with van der Waals surface area (Å²) in [4.78, 5) is 11.1. The van der Waals surface area contributed by atoms with Crippen LogP contribution in [0.2, 0.25) is 0 Å². The highest BCUT2D eigenvalue weighted by Crippen LogP contribution is 2.12. The fraction of sp³-hybridized carbons (Fsp3) is 0.947. The van der Waals surface area contributed by atoms with Crippen molar-refractivity contribution in [2.75, 3.05) is 20.2 Å². The van der Waals surface area contributed by atoms with E-state index in [1.165, 1.54) is 83.5 Å². The molecule has 0 fully saturated rings. The number of hydrogen-bond donors (Lipinski definition) is 1. The highest BCUT2D eigenvalue weighted by molar-refractivity contribution is 5.85. The van der Waals surface area contributed by atoms with Crippen LogP contribution < -0.4 is 5.32 Å². The molecule has 0 saturated carbocycles. The van der Waals surface area contributed by atoms with Gasteiger partial charge in [-0.2, -0.15) is 0 Å². The number of hydrogen-bond acceptors (Lipinski definition) is 3. The number of halogens is 1. The van der Waals surface area contributed by atoms with Crippen LogP contribution in [-0.2, 0) is 9.53 Å². The van der Waals surface area contributed by atoms with Crippen molar-refractivity contribution in [1.82, 2.24) is 5.32 Å². The van der Waals surface area contributed by atoms with Gasteiger partial charge in [-0.15, -0.1) is 12.4 Å². The number of nitrogens with one attached hydrogen (secondary N) is 1. The Morgan fingerprint density at radius 2 is 1.13 bits per heavy atom. The van der Waals surface area contributed by atoms with Crippen LogP contribution in [0.25, 0.3) is 0 Å². The summed E-state index contributed by atoms with van der Waals surface area (Å²) in [7, 11) is 1.76. The van der Waals surface area contributed by atoms with Gasteiger partial charge in [0.15, 0.2) is 0 Å². The van der Waals surface area contributed by atoms with Crippen LogP contribution >= 0.6 is 12.4 Å². The van der Waals surface area contributed by atoms with Crippen LogP contribution in [0.5, 0.6) is 0 Å². The van der Waals surface area contributed by atoms with E-state index in [1.54, 1.807) is 7.05 Å². The summed E-state index contributed by atoms with van der Waals surface area (Å²) in [5.74, 6) is -0.141. The van der Waals surface area contributed by atoms with Crippen molar-refractivity contribution in [2.45, 2.75) is 96.8 Å². The summed E-state index contributed by atoms with van der Waals surface area (Å²) in [6, 6.07) is 0. The van der Waals surface area contributed by atoms with Gasteiger partial charge in [0.1, 0.15) is 0 Å². The first kappa shape index (κ1) is 25.0. The van der Waals surface area contributed by atoms with Gasteiger partial charge in [-0.3, -0.25) is 4.79 Å². The number of carbonyl (C=O) groups excluding carboxylic acids is 1. The van der Waals surface area contributed by atoms with Crippen molar-refractivity contribution in [2.24, 2.45) is 0 Å². The van der Waals surface area contributed by atoms with Crippen LogP contribution in [-0.4, -0.2) is 26.2 Å². The molecule has 0 rings (SSSR count). The molecule has 1 N–H and O–H groups in total. The molecule has 0 spiro atoms. The average Bonchev–Trinajstić information content (AvgIpc) is 2.51. The predicted molar refractivity (Wildman–Crippen MR) is 102 cm³/mol. The number of rotatable bonds is 17. The minimum atomic E-state index is -0.141. The van der Waals surface area contributed by atoms with Gasteiger partial charge in [0.25, 0.3) is 0 Å². The third-order valence-electron chi connectivity index (χ3n) is 4.08. The highest BCUT2D eigenvalue weighted by atomic mass is 35.5. The van der Waals surface area contributed by atoms with E-state index in [4.69, 9.17) is 4.74 Å². The molecule has 0 aliphatic heterocycles. The molecule has 0 amide bonds. The van der Waals surface area contributed by atoms with Gasteiger partial charge in [-0.1, -0.05) is 90.4 Å². The van der Waals surface area contributed by atoms with Gasteiger partial charge in [-0.25, -0.2) is 0 Å². The Bertz CT molecular complexity index is 237. The summed E-state index contributed by atoms with van der Waals surface area (Å²) in [6.45, 7) is 3.17. The van der Waals surface area contributed by atoms with Crippen molar-refractivity contribution in [3.8, 4) is 0 Å². The van der Waals surface area contributed by atoms with E-state index in [-0.39, 0.29) is 18.4 Å². The zero-order valence-corrected chi connectivity index (χ0v) is 16.4. The molecule has 0 aromatic heterocycles. The smallest absolute Gasteiger partial charge is 0.319 e. The molecule has 0 atom stereocenters. The molecule has 0 radical (unpaired) electrons. The molecular formula is C19H40ClNO2. The quantitative estimate of drug-likeness (QED) is 0.272. The average molecular weight is 350 g/mol. The third kappa shape index (κ3) is 21.7. The first-order valence-electron chi connectivity index (χ1n) is 9.61. The summed E-state index contributed by atoms with van der Waals surface area (Å²) in [6.07, 6.45) is 18.9. The molecule has 0 heterocycles. The predicted octanol–water partition coefficient (Wildman–Crippen LogP) is 5.65. The normalized spacial score (nSPS) is 10.3. The maximum atomic E-state index is 11.1. The number of ether oxygens (including phenoxy) is 1. The number of likely N-dealkylation sites (N-methyl/N-ethyl adjacent to an activating group) is 1. The largest absolute Gasteiger partial charge is 0.465 e. The van der Waals surface area contributed by atoms with E-state index in [0.29, 0.717) is 13.2 Å². The summed E-state index contributed by atoms with van der Waals surface area (Å²) < 4.78 is 5.09. The Kier molecular flexibility index (Phi) is 23.6. The van der Waals surface area contributed by atoms with E-state index >= 15 is 0 Å². The second-order valence-corrected chi connectivity index (χ2v) is 6.35. The number of carbonyl (C=O) groups is 1. The summed E-state index contributed by atoms with van der Waals surface area (Å²) in [5, 5.41) is 2.80. The fourth-order valence-corrected chi connectivity index (χ4v) is 2.68. The standard InChI is InChI=1S/C19H39NO2.ClH/c1-3-4-5-6-7-8-9-10-11-12-13-14-15-16-17-22-19(21)18-20-2;/h20H,3-18H2,1-2H3;1H.